The third-order valence-corrected chi connectivity index (χ3v) is 4.25. The average Bonchev–Trinajstić information content (AvgIpc) is 2.56. The molecule has 0 aromatic heterocycles. The molecular weight excluding hydrogens is 339 g/mol. The second-order valence-electron chi connectivity index (χ2n) is 5.67. The number of carbonyl (C=O) groups is 3. The third-order valence-electron chi connectivity index (χ3n) is 3.96. The summed E-state index contributed by atoms with van der Waals surface area (Å²) in [4.78, 5) is 36.2. The summed E-state index contributed by atoms with van der Waals surface area (Å²) in [6.45, 7) is 0.835. The highest BCUT2D eigenvalue weighted by molar-refractivity contribution is 6.31. The minimum atomic E-state index is -1.00. The number of carbonyl (C=O) groups excluding carboxylic acids is 2. The number of nitrogens with zero attached hydrogens (tertiary/aromatic N) is 1. The summed E-state index contributed by atoms with van der Waals surface area (Å²) in [5, 5.41) is 11.2. The Balaban J connectivity index is 1.83. The van der Waals surface area contributed by atoms with Crippen LogP contribution in [0.25, 0.3) is 0 Å². The van der Waals surface area contributed by atoms with Gasteiger partial charge in [-0.05, 0) is 31.0 Å². The quantitative estimate of drug-likeness (QED) is 0.848. The number of hydrogen-bond acceptors (Lipinski definition) is 3. The first-order chi connectivity index (χ1) is 11.4. The van der Waals surface area contributed by atoms with Crippen molar-refractivity contribution < 1.29 is 23.9 Å². The van der Waals surface area contributed by atoms with Crippen LogP contribution < -0.4 is 5.32 Å². The topological polar surface area (TPSA) is 86.7 Å². The Kier molecular flexibility index (Phi) is 6.14. The minimum absolute atomic E-state index is 0.0275. The number of anilines is 1. The fourth-order valence-corrected chi connectivity index (χ4v) is 2.76. The van der Waals surface area contributed by atoms with Crippen molar-refractivity contribution in [3.63, 3.8) is 0 Å². The van der Waals surface area contributed by atoms with Crippen molar-refractivity contribution in [3.8, 4) is 0 Å². The molecule has 8 heteroatoms. The molecule has 130 valence electrons. The second kappa shape index (κ2) is 8.10. The van der Waals surface area contributed by atoms with Crippen LogP contribution in [0, 0.1) is 11.7 Å². The predicted octanol–water partition coefficient (Wildman–Crippen LogP) is 2.52. The number of piperidine rings is 1. The molecule has 24 heavy (non-hydrogen) atoms. The van der Waals surface area contributed by atoms with E-state index in [1.54, 1.807) is 4.90 Å². The Bertz CT molecular complexity index is 645. The van der Waals surface area contributed by atoms with Crippen molar-refractivity contribution in [1.29, 1.82) is 0 Å². The first-order valence-corrected chi connectivity index (χ1v) is 8.00. The number of aliphatic carboxylic acids is 1. The van der Waals surface area contributed by atoms with Gasteiger partial charge in [0.05, 0.1) is 11.4 Å². The average molecular weight is 357 g/mol. The van der Waals surface area contributed by atoms with Crippen molar-refractivity contribution in [1.82, 2.24) is 4.90 Å². The van der Waals surface area contributed by atoms with E-state index in [-0.39, 0.29) is 35.6 Å². The summed E-state index contributed by atoms with van der Waals surface area (Å²) < 4.78 is 13.1. The predicted molar refractivity (Wildman–Crippen MR) is 86.2 cm³/mol. The van der Waals surface area contributed by atoms with Crippen LogP contribution >= 0.6 is 11.6 Å². The Hall–Kier alpha value is -2.15. The molecule has 0 bridgehead atoms. The maximum atomic E-state index is 13.1. The van der Waals surface area contributed by atoms with E-state index in [1.165, 1.54) is 18.2 Å². The molecule has 2 amide bonds. The lowest BCUT2D eigenvalue weighted by molar-refractivity contribution is -0.141. The zero-order chi connectivity index (χ0) is 17.7. The Morgan fingerprint density at radius 1 is 1.25 bits per heavy atom. The van der Waals surface area contributed by atoms with Crippen molar-refractivity contribution in [2.45, 2.75) is 25.7 Å². The monoisotopic (exact) mass is 356 g/mol. The van der Waals surface area contributed by atoms with Gasteiger partial charge < -0.3 is 15.3 Å². The molecule has 1 aromatic rings. The number of benzene rings is 1. The first kappa shape index (κ1) is 18.2. The Morgan fingerprint density at radius 3 is 2.50 bits per heavy atom. The molecule has 0 spiro atoms. The number of likely N-dealkylation sites (tertiary alicyclic amines) is 1. The first-order valence-electron chi connectivity index (χ1n) is 7.62. The molecule has 2 N–H and O–H groups in total. The summed E-state index contributed by atoms with van der Waals surface area (Å²) in [5.74, 6) is -2.22. The highest BCUT2D eigenvalue weighted by Gasteiger charge is 2.27. The molecule has 0 saturated carbocycles. The number of carboxylic acid groups (broad SMARTS) is 1. The highest BCUT2D eigenvalue weighted by Crippen LogP contribution is 2.23. The Morgan fingerprint density at radius 2 is 1.92 bits per heavy atom. The summed E-state index contributed by atoms with van der Waals surface area (Å²) in [5.41, 5.74) is 0.423. The van der Waals surface area contributed by atoms with E-state index >= 15 is 0 Å². The smallest absolute Gasteiger partial charge is 0.303 e. The largest absolute Gasteiger partial charge is 0.481 e. The van der Waals surface area contributed by atoms with E-state index in [4.69, 9.17) is 16.7 Å². The van der Waals surface area contributed by atoms with Crippen LogP contribution in [0.4, 0.5) is 10.1 Å². The standard InChI is InChI=1S/C16H18ClFN2O4/c17-12-9-11(1-2-13(12)18)19-16(24)10-5-7-20(8-6-10)14(21)3-4-15(22)23/h1-2,9-10H,3-8H2,(H,19,24)(H,22,23). The number of nitrogens with one attached hydrogen (secondary N) is 1. The molecule has 0 aliphatic carbocycles. The summed E-state index contributed by atoms with van der Waals surface area (Å²) >= 11 is 5.68. The fourth-order valence-electron chi connectivity index (χ4n) is 2.58. The molecule has 1 aliphatic heterocycles. The van der Waals surface area contributed by atoms with E-state index in [0.29, 0.717) is 31.6 Å². The Labute approximate surface area is 143 Å². The van der Waals surface area contributed by atoms with Crippen LogP contribution in [-0.2, 0) is 14.4 Å². The molecule has 0 unspecified atom stereocenters. The summed E-state index contributed by atoms with van der Waals surface area (Å²) in [6.07, 6.45) is 0.782. The zero-order valence-corrected chi connectivity index (χ0v) is 13.7. The molecule has 2 rings (SSSR count). The van der Waals surface area contributed by atoms with Crippen LogP contribution in [0.15, 0.2) is 18.2 Å². The lowest BCUT2D eigenvalue weighted by Crippen LogP contribution is -2.41. The number of carboxylic acids is 1. The molecule has 0 radical (unpaired) electrons. The molecule has 1 aromatic carbocycles. The lowest BCUT2D eigenvalue weighted by atomic mass is 9.95. The van der Waals surface area contributed by atoms with E-state index in [2.05, 4.69) is 5.32 Å². The van der Waals surface area contributed by atoms with Gasteiger partial charge in [0, 0.05) is 31.1 Å². The van der Waals surface area contributed by atoms with Gasteiger partial charge in [-0.2, -0.15) is 0 Å². The van der Waals surface area contributed by atoms with Crippen LogP contribution in [0.5, 0.6) is 0 Å². The second-order valence-corrected chi connectivity index (χ2v) is 6.07. The number of rotatable bonds is 5. The van der Waals surface area contributed by atoms with E-state index in [1.807, 2.05) is 0 Å². The molecule has 6 nitrogen and oxygen atoms in total. The lowest BCUT2D eigenvalue weighted by Gasteiger charge is -2.31. The minimum Gasteiger partial charge on any atom is -0.481 e. The number of hydrogen-bond donors (Lipinski definition) is 2. The van der Waals surface area contributed by atoms with Crippen LogP contribution in [0.2, 0.25) is 5.02 Å². The van der Waals surface area contributed by atoms with Crippen LogP contribution in [0.3, 0.4) is 0 Å². The van der Waals surface area contributed by atoms with Crippen molar-refractivity contribution in [2.75, 3.05) is 18.4 Å². The molecule has 1 aliphatic rings. The molecule has 1 fully saturated rings. The molecular formula is C16H18ClFN2O4. The maximum absolute atomic E-state index is 13.1. The number of amides is 2. The van der Waals surface area contributed by atoms with Crippen LogP contribution in [0.1, 0.15) is 25.7 Å². The highest BCUT2D eigenvalue weighted by atomic mass is 35.5. The zero-order valence-electron chi connectivity index (χ0n) is 12.9. The van der Waals surface area contributed by atoms with Crippen molar-refractivity contribution in [2.24, 2.45) is 5.92 Å². The fraction of sp³-hybridized carbons (Fsp3) is 0.438. The molecule has 0 atom stereocenters. The van der Waals surface area contributed by atoms with Gasteiger partial charge in [0.2, 0.25) is 11.8 Å². The number of halogens is 2. The van der Waals surface area contributed by atoms with Gasteiger partial charge in [-0.25, -0.2) is 4.39 Å². The summed E-state index contributed by atoms with van der Waals surface area (Å²) in [7, 11) is 0. The molecule has 1 saturated heterocycles. The van der Waals surface area contributed by atoms with Gasteiger partial charge in [-0.15, -0.1) is 0 Å². The van der Waals surface area contributed by atoms with Gasteiger partial charge in [0.15, 0.2) is 0 Å². The van der Waals surface area contributed by atoms with Gasteiger partial charge in [-0.3, -0.25) is 14.4 Å². The van der Waals surface area contributed by atoms with Crippen molar-refractivity contribution in [3.05, 3.63) is 29.0 Å². The van der Waals surface area contributed by atoms with E-state index in [0.717, 1.165) is 0 Å². The maximum Gasteiger partial charge on any atom is 0.303 e. The van der Waals surface area contributed by atoms with Crippen molar-refractivity contribution >= 4 is 35.1 Å². The van der Waals surface area contributed by atoms with E-state index < -0.39 is 11.8 Å². The van der Waals surface area contributed by atoms with Gasteiger partial charge in [0.25, 0.3) is 0 Å². The van der Waals surface area contributed by atoms with Gasteiger partial charge >= 0.3 is 5.97 Å². The van der Waals surface area contributed by atoms with E-state index in [9.17, 15) is 18.8 Å². The van der Waals surface area contributed by atoms with Gasteiger partial charge in [-0.1, -0.05) is 11.6 Å². The summed E-state index contributed by atoms with van der Waals surface area (Å²) in [6, 6.07) is 3.96. The third kappa shape index (κ3) is 4.92. The SMILES string of the molecule is O=C(O)CCC(=O)N1CCC(C(=O)Nc2ccc(F)c(Cl)c2)CC1. The van der Waals surface area contributed by atoms with Crippen LogP contribution in [-0.4, -0.2) is 40.9 Å². The normalized spacial score (nSPS) is 15.2. The van der Waals surface area contributed by atoms with Gasteiger partial charge in [0.1, 0.15) is 5.82 Å². The molecule has 1 heterocycles.